The van der Waals surface area contributed by atoms with E-state index < -0.39 is 11.8 Å². The van der Waals surface area contributed by atoms with Gasteiger partial charge in [-0.25, -0.2) is 18.7 Å². The number of carbonyl (C=O) groups is 1. The summed E-state index contributed by atoms with van der Waals surface area (Å²) in [6.07, 6.45) is 6.32. The molecule has 0 atom stereocenters. The van der Waals surface area contributed by atoms with Gasteiger partial charge in [-0.1, -0.05) is 0 Å². The van der Waals surface area contributed by atoms with Gasteiger partial charge in [-0.15, -0.1) is 0 Å². The zero-order valence-corrected chi connectivity index (χ0v) is 15.7. The second kappa shape index (κ2) is 7.76. The maximum Gasteiger partial charge on any atom is 0.282 e. The molecule has 0 radical (unpaired) electrons. The van der Waals surface area contributed by atoms with Crippen LogP contribution < -0.4 is 20.7 Å². The van der Waals surface area contributed by atoms with Crippen LogP contribution >= 0.6 is 0 Å². The largest absolute Gasteiger partial charge is 0.474 e. The minimum absolute atomic E-state index is 0.0506. The maximum absolute atomic E-state index is 13.1. The van der Waals surface area contributed by atoms with Crippen molar-refractivity contribution in [2.24, 2.45) is 5.73 Å². The third-order valence-corrected chi connectivity index (χ3v) is 5.11. The number of primary amides is 1. The molecule has 3 N–H and O–H groups in total. The van der Waals surface area contributed by atoms with Crippen molar-refractivity contribution in [3.8, 4) is 5.88 Å². The summed E-state index contributed by atoms with van der Waals surface area (Å²) in [5.41, 5.74) is 5.64. The highest BCUT2D eigenvalue weighted by atomic mass is 19.3. The lowest BCUT2D eigenvalue weighted by atomic mass is 9.93. The quantitative estimate of drug-likeness (QED) is 0.760. The lowest BCUT2D eigenvalue weighted by Crippen LogP contribution is -2.57. The van der Waals surface area contributed by atoms with Gasteiger partial charge in [0, 0.05) is 18.4 Å². The van der Waals surface area contributed by atoms with Crippen molar-refractivity contribution in [2.45, 2.75) is 43.8 Å². The van der Waals surface area contributed by atoms with Gasteiger partial charge in [0.2, 0.25) is 11.8 Å². The number of nitrogens with zero attached hydrogens (tertiary/aromatic N) is 4. The van der Waals surface area contributed by atoms with Crippen LogP contribution in [0.25, 0.3) is 0 Å². The molecule has 4 rings (SSSR count). The average Bonchev–Trinajstić information content (AvgIpc) is 2.68. The van der Waals surface area contributed by atoms with Gasteiger partial charge in [0.25, 0.3) is 11.8 Å². The van der Waals surface area contributed by atoms with E-state index in [0.29, 0.717) is 11.8 Å². The number of nitrogens with two attached hydrogens (primary N) is 1. The summed E-state index contributed by atoms with van der Waals surface area (Å²) in [7, 11) is 0. The number of aromatic nitrogens is 3. The van der Waals surface area contributed by atoms with Crippen molar-refractivity contribution in [3.63, 3.8) is 0 Å². The molecule has 2 aromatic heterocycles. The fraction of sp³-hybridized carbons (Fsp3) is 0.474. The van der Waals surface area contributed by atoms with Crippen LogP contribution in [0.4, 0.5) is 20.5 Å². The molecular weight excluding hydrogens is 382 g/mol. The first kappa shape index (κ1) is 19.3. The van der Waals surface area contributed by atoms with Crippen LogP contribution in [0.1, 0.15) is 36.0 Å². The number of nitrogens with one attached hydrogen (secondary N) is 1. The topological polar surface area (TPSA) is 106 Å². The molecule has 29 heavy (non-hydrogen) atoms. The summed E-state index contributed by atoms with van der Waals surface area (Å²) in [4.78, 5) is 25.5. The number of rotatable bonds is 6. The molecule has 0 spiro atoms. The SMILES string of the molecule is NC(=O)c1cccnc1OC1CCC(Nc2ccnc(N3CC(F)(F)C3)n2)CC1. The summed E-state index contributed by atoms with van der Waals surface area (Å²) in [6.45, 7) is -0.695. The maximum atomic E-state index is 13.1. The van der Waals surface area contributed by atoms with E-state index in [-0.39, 0.29) is 36.7 Å². The first-order valence-corrected chi connectivity index (χ1v) is 9.53. The van der Waals surface area contributed by atoms with Crippen LogP contribution in [0.5, 0.6) is 5.88 Å². The van der Waals surface area contributed by atoms with E-state index in [1.165, 1.54) is 4.90 Å². The normalized spacial score (nSPS) is 23.2. The Bertz CT molecular complexity index is 881. The number of halogens is 2. The third kappa shape index (κ3) is 4.52. The fourth-order valence-electron chi connectivity index (χ4n) is 3.60. The van der Waals surface area contributed by atoms with Gasteiger partial charge in [0.1, 0.15) is 17.5 Å². The Labute approximate surface area is 166 Å². The zero-order valence-electron chi connectivity index (χ0n) is 15.7. The molecule has 1 saturated heterocycles. The molecule has 0 unspecified atom stereocenters. The number of pyridine rings is 1. The van der Waals surface area contributed by atoms with Crippen LogP contribution in [-0.2, 0) is 0 Å². The molecule has 1 aliphatic heterocycles. The van der Waals surface area contributed by atoms with Gasteiger partial charge in [-0.3, -0.25) is 4.79 Å². The standard InChI is InChI=1S/C19H22F2N6O2/c20-19(21)10-27(11-19)18-24-9-7-15(26-18)25-12-3-5-13(6-4-12)29-17-14(16(22)28)2-1-8-23-17/h1-2,7-9,12-13H,3-6,10-11H2,(H2,22,28)(H,24,25,26). The van der Waals surface area contributed by atoms with Gasteiger partial charge >= 0.3 is 0 Å². The number of amides is 1. The second-order valence-corrected chi connectivity index (χ2v) is 7.41. The van der Waals surface area contributed by atoms with Gasteiger partial charge < -0.3 is 20.7 Å². The molecule has 3 heterocycles. The van der Waals surface area contributed by atoms with E-state index in [0.717, 1.165) is 25.7 Å². The van der Waals surface area contributed by atoms with Gasteiger partial charge in [-0.05, 0) is 43.9 Å². The summed E-state index contributed by atoms with van der Waals surface area (Å²) < 4.78 is 32.0. The van der Waals surface area contributed by atoms with E-state index in [1.807, 2.05) is 0 Å². The van der Waals surface area contributed by atoms with E-state index in [1.54, 1.807) is 30.6 Å². The first-order valence-electron chi connectivity index (χ1n) is 9.53. The first-order chi connectivity index (χ1) is 13.9. The van der Waals surface area contributed by atoms with Gasteiger partial charge in [0.15, 0.2) is 0 Å². The Hall–Kier alpha value is -3.04. The smallest absolute Gasteiger partial charge is 0.282 e. The van der Waals surface area contributed by atoms with E-state index in [9.17, 15) is 13.6 Å². The Morgan fingerprint density at radius 1 is 1.17 bits per heavy atom. The molecule has 1 saturated carbocycles. The molecule has 0 aromatic carbocycles. The van der Waals surface area contributed by atoms with Crippen molar-refractivity contribution >= 4 is 17.7 Å². The summed E-state index contributed by atoms with van der Waals surface area (Å²) in [5, 5.41) is 3.35. The van der Waals surface area contributed by atoms with Crippen molar-refractivity contribution in [1.29, 1.82) is 0 Å². The Kier molecular flexibility index (Phi) is 5.16. The van der Waals surface area contributed by atoms with Crippen LogP contribution in [-0.4, -0.2) is 52.0 Å². The number of alkyl halides is 2. The van der Waals surface area contributed by atoms with Gasteiger partial charge in [-0.2, -0.15) is 4.98 Å². The average molecular weight is 404 g/mol. The van der Waals surface area contributed by atoms with Crippen LogP contribution in [0.3, 0.4) is 0 Å². The van der Waals surface area contributed by atoms with Crippen molar-refractivity contribution in [1.82, 2.24) is 15.0 Å². The molecular formula is C19H22F2N6O2. The number of hydrogen-bond acceptors (Lipinski definition) is 7. The molecule has 8 nitrogen and oxygen atoms in total. The summed E-state index contributed by atoms with van der Waals surface area (Å²) in [6, 6.07) is 5.16. The Balaban J connectivity index is 1.30. The lowest BCUT2D eigenvalue weighted by Gasteiger charge is -2.38. The predicted octanol–water partition coefficient (Wildman–Crippen LogP) is 2.23. The second-order valence-electron chi connectivity index (χ2n) is 7.41. The number of hydrogen-bond donors (Lipinski definition) is 2. The third-order valence-electron chi connectivity index (χ3n) is 5.11. The molecule has 154 valence electrons. The number of anilines is 2. The molecule has 2 aliphatic rings. The highest BCUT2D eigenvalue weighted by Gasteiger charge is 2.45. The van der Waals surface area contributed by atoms with Crippen molar-refractivity contribution in [2.75, 3.05) is 23.3 Å². The number of carbonyl (C=O) groups excluding carboxylic acids is 1. The number of ether oxygens (including phenoxy) is 1. The van der Waals surface area contributed by atoms with Crippen molar-refractivity contribution in [3.05, 3.63) is 36.2 Å². The monoisotopic (exact) mass is 404 g/mol. The fourth-order valence-corrected chi connectivity index (χ4v) is 3.60. The van der Waals surface area contributed by atoms with E-state index in [4.69, 9.17) is 10.5 Å². The highest BCUT2D eigenvalue weighted by Crippen LogP contribution is 2.30. The minimum atomic E-state index is -2.66. The van der Waals surface area contributed by atoms with Crippen LogP contribution in [0.2, 0.25) is 0 Å². The lowest BCUT2D eigenvalue weighted by molar-refractivity contribution is -0.0271. The molecule has 1 aliphatic carbocycles. The minimum Gasteiger partial charge on any atom is -0.474 e. The summed E-state index contributed by atoms with van der Waals surface area (Å²) >= 11 is 0. The Morgan fingerprint density at radius 2 is 1.93 bits per heavy atom. The molecule has 2 aromatic rings. The van der Waals surface area contributed by atoms with E-state index in [2.05, 4.69) is 20.3 Å². The highest BCUT2D eigenvalue weighted by molar-refractivity contribution is 5.94. The zero-order chi connectivity index (χ0) is 20.4. The molecule has 2 fully saturated rings. The molecule has 1 amide bonds. The molecule has 10 heteroatoms. The molecule has 0 bridgehead atoms. The van der Waals surface area contributed by atoms with Gasteiger partial charge in [0.05, 0.1) is 13.1 Å². The Morgan fingerprint density at radius 3 is 2.62 bits per heavy atom. The van der Waals surface area contributed by atoms with Crippen molar-refractivity contribution < 1.29 is 18.3 Å². The van der Waals surface area contributed by atoms with E-state index >= 15 is 0 Å². The summed E-state index contributed by atoms with van der Waals surface area (Å²) in [5.74, 6) is -2.03. The van der Waals surface area contributed by atoms with Crippen LogP contribution in [0.15, 0.2) is 30.6 Å². The predicted molar refractivity (Wildman–Crippen MR) is 102 cm³/mol. The van der Waals surface area contributed by atoms with Crippen LogP contribution in [0, 0.1) is 0 Å².